The molecule has 4 rings (SSSR count). The second-order valence-electron chi connectivity index (χ2n) is 9.83. The van der Waals surface area contributed by atoms with Crippen molar-refractivity contribution >= 4 is 34.8 Å². The summed E-state index contributed by atoms with van der Waals surface area (Å²) in [7, 11) is 0. The minimum absolute atomic E-state index is 0.286. The third kappa shape index (κ3) is 5.78. The van der Waals surface area contributed by atoms with Crippen LogP contribution in [0.25, 0.3) is 11.4 Å². The van der Waals surface area contributed by atoms with Gasteiger partial charge < -0.3 is 19.3 Å². The zero-order valence-corrected chi connectivity index (χ0v) is 21.9. The highest BCUT2D eigenvalue weighted by Gasteiger charge is 2.30. The molecule has 188 valence electrons. The van der Waals surface area contributed by atoms with Crippen LogP contribution in [0.1, 0.15) is 62.2 Å². The SMILES string of the molecule is CCOC(=O)c1cn2c(n1)/C(N1CCN(C(=O)OC(C)(C)C)CC1)=C/CC(C)/C=C\2c1cccs1. The lowest BCUT2D eigenvalue weighted by molar-refractivity contribution is 0.0181. The van der Waals surface area contributed by atoms with Crippen molar-refractivity contribution in [1.82, 2.24) is 19.4 Å². The number of thiophene rings is 1. The first kappa shape index (κ1) is 25.0. The van der Waals surface area contributed by atoms with Gasteiger partial charge in [0.25, 0.3) is 0 Å². The summed E-state index contributed by atoms with van der Waals surface area (Å²) in [5.74, 6) is 0.580. The molecule has 2 aromatic rings. The lowest BCUT2D eigenvalue weighted by atomic mass is 10.0. The lowest BCUT2D eigenvalue weighted by Crippen LogP contribution is -2.49. The number of nitrogens with zero attached hydrogens (tertiary/aromatic N) is 4. The van der Waals surface area contributed by atoms with Crippen molar-refractivity contribution in [2.75, 3.05) is 32.8 Å². The van der Waals surface area contributed by atoms with Crippen molar-refractivity contribution in [3.8, 4) is 0 Å². The Morgan fingerprint density at radius 2 is 1.91 bits per heavy atom. The zero-order chi connectivity index (χ0) is 25.2. The van der Waals surface area contributed by atoms with Crippen LogP contribution in [0.5, 0.6) is 0 Å². The molecular formula is C26H34N4O4S. The highest BCUT2D eigenvalue weighted by molar-refractivity contribution is 7.11. The molecule has 4 heterocycles. The molecule has 0 bridgehead atoms. The molecule has 0 N–H and O–H groups in total. The van der Waals surface area contributed by atoms with Gasteiger partial charge in [0, 0.05) is 32.4 Å². The molecule has 1 fully saturated rings. The number of hydrogen-bond acceptors (Lipinski definition) is 7. The average molecular weight is 499 g/mol. The van der Waals surface area contributed by atoms with Crippen molar-refractivity contribution in [3.05, 3.63) is 52.3 Å². The Bertz CT molecular complexity index is 1120. The highest BCUT2D eigenvalue weighted by atomic mass is 32.1. The quantitative estimate of drug-likeness (QED) is 0.556. The van der Waals surface area contributed by atoms with E-state index in [0.717, 1.165) is 22.7 Å². The summed E-state index contributed by atoms with van der Waals surface area (Å²) in [6, 6.07) is 4.11. The second kappa shape index (κ2) is 10.3. The summed E-state index contributed by atoms with van der Waals surface area (Å²) in [4.78, 5) is 35.0. The van der Waals surface area contributed by atoms with E-state index in [0.29, 0.717) is 44.5 Å². The molecule has 1 amide bonds. The summed E-state index contributed by atoms with van der Waals surface area (Å²) in [6.45, 7) is 12.3. The molecule has 0 radical (unpaired) electrons. The highest BCUT2D eigenvalue weighted by Crippen LogP contribution is 2.33. The van der Waals surface area contributed by atoms with Gasteiger partial charge in [0.2, 0.25) is 0 Å². The number of aromatic nitrogens is 2. The number of esters is 1. The minimum atomic E-state index is -0.523. The number of amides is 1. The largest absolute Gasteiger partial charge is 0.461 e. The van der Waals surface area contributed by atoms with E-state index in [4.69, 9.17) is 14.5 Å². The first-order valence-electron chi connectivity index (χ1n) is 12.1. The number of ether oxygens (including phenoxy) is 2. The number of carbonyl (C=O) groups is 2. The van der Waals surface area contributed by atoms with Crippen molar-refractivity contribution < 1.29 is 19.1 Å². The molecule has 9 heteroatoms. The lowest BCUT2D eigenvalue weighted by Gasteiger charge is -2.38. The predicted molar refractivity (Wildman–Crippen MR) is 137 cm³/mol. The Hall–Kier alpha value is -3.07. The molecule has 0 aliphatic carbocycles. The number of carbonyl (C=O) groups excluding carboxylic acids is 2. The maximum Gasteiger partial charge on any atom is 0.410 e. The third-order valence-electron chi connectivity index (χ3n) is 5.85. The van der Waals surface area contributed by atoms with Gasteiger partial charge in [-0.05, 0) is 51.5 Å². The van der Waals surface area contributed by atoms with E-state index in [9.17, 15) is 9.59 Å². The Kier molecular flexibility index (Phi) is 7.35. The Morgan fingerprint density at radius 3 is 2.54 bits per heavy atom. The van der Waals surface area contributed by atoms with Gasteiger partial charge in [-0.25, -0.2) is 14.6 Å². The number of piperazine rings is 1. The summed E-state index contributed by atoms with van der Waals surface area (Å²) < 4.78 is 12.8. The first-order chi connectivity index (χ1) is 16.7. The number of allylic oxidation sites excluding steroid dienone is 2. The van der Waals surface area contributed by atoms with Gasteiger partial charge in [0.05, 0.1) is 22.9 Å². The fourth-order valence-electron chi connectivity index (χ4n) is 4.21. The van der Waals surface area contributed by atoms with Crippen LogP contribution in [0.15, 0.2) is 35.9 Å². The van der Waals surface area contributed by atoms with Crippen LogP contribution in [0.2, 0.25) is 0 Å². The van der Waals surface area contributed by atoms with Crippen LogP contribution < -0.4 is 0 Å². The average Bonchev–Trinajstić information content (AvgIpc) is 3.47. The van der Waals surface area contributed by atoms with Gasteiger partial charge in [0.1, 0.15) is 5.60 Å². The van der Waals surface area contributed by atoms with E-state index in [2.05, 4.69) is 35.4 Å². The molecular weight excluding hydrogens is 464 g/mol. The molecule has 2 aromatic heterocycles. The maximum absolute atomic E-state index is 12.6. The molecule has 2 aliphatic heterocycles. The van der Waals surface area contributed by atoms with Crippen LogP contribution in [0.3, 0.4) is 0 Å². The third-order valence-corrected chi connectivity index (χ3v) is 6.74. The van der Waals surface area contributed by atoms with Crippen LogP contribution in [-0.2, 0) is 9.47 Å². The zero-order valence-electron chi connectivity index (χ0n) is 21.1. The summed E-state index contributed by atoms with van der Waals surface area (Å²) in [5.41, 5.74) is 1.75. The van der Waals surface area contributed by atoms with Gasteiger partial charge in [-0.1, -0.05) is 25.1 Å². The monoisotopic (exact) mass is 498 g/mol. The number of hydrogen-bond donors (Lipinski definition) is 0. The van der Waals surface area contributed by atoms with Crippen LogP contribution >= 0.6 is 11.3 Å². The van der Waals surface area contributed by atoms with Gasteiger partial charge in [0.15, 0.2) is 11.5 Å². The first-order valence-corrected chi connectivity index (χ1v) is 13.0. The molecule has 2 aliphatic rings. The van der Waals surface area contributed by atoms with Gasteiger partial charge in [-0.2, -0.15) is 0 Å². The topological polar surface area (TPSA) is 76.9 Å². The molecule has 35 heavy (non-hydrogen) atoms. The second-order valence-corrected chi connectivity index (χ2v) is 10.8. The molecule has 1 atom stereocenters. The molecule has 0 saturated carbocycles. The smallest absolute Gasteiger partial charge is 0.410 e. The Morgan fingerprint density at radius 1 is 1.17 bits per heavy atom. The van der Waals surface area contributed by atoms with Crippen molar-refractivity contribution in [2.45, 2.75) is 46.6 Å². The van der Waals surface area contributed by atoms with E-state index in [1.807, 2.05) is 31.4 Å². The van der Waals surface area contributed by atoms with Crippen molar-refractivity contribution in [1.29, 1.82) is 0 Å². The fourth-order valence-corrected chi connectivity index (χ4v) is 4.95. The molecule has 8 nitrogen and oxygen atoms in total. The summed E-state index contributed by atoms with van der Waals surface area (Å²) in [6.07, 6.45) is 6.77. The van der Waals surface area contributed by atoms with E-state index in [-0.39, 0.29) is 11.8 Å². The van der Waals surface area contributed by atoms with Crippen LogP contribution in [0, 0.1) is 5.92 Å². The fraction of sp³-hybridized carbons (Fsp3) is 0.500. The van der Waals surface area contributed by atoms with E-state index < -0.39 is 11.6 Å². The summed E-state index contributed by atoms with van der Waals surface area (Å²) >= 11 is 1.66. The van der Waals surface area contributed by atoms with E-state index in [1.165, 1.54) is 0 Å². The Balaban J connectivity index is 1.66. The standard InChI is InChI=1S/C26H34N4O4S/c1-6-33-24(31)19-17-30-21(22-8-7-15-35-22)16-18(2)9-10-20(23(30)27-19)28-11-13-29(14-12-28)25(32)34-26(3,4)5/h7-8,10,15-18H,6,9,11-14H2,1-5H3/b20-10-,21-16-. The molecule has 0 aromatic carbocycles. The number of imidazole rings is 1. The van der Waals surface area contributed by atoms with E-state index >= 15 is 0 Å². The normalized spacial score (nSPS) is 21.7. The predicted octanol–water partition coefficient (Wildman–Crippen LogP) is 4.94. The number of fused-ring (bicyclic) bond motifs is 1. The molecule has 0 spiro atoms. The van der Waals surface area contributed by atoms with Crippen molar-refractivity contribution in [3.63, 3.8) is 0 Å². The van der Waals surface area contributed by atoms with Gasteiger partial charge in [-0.15, -0.1) is 11.3 Å². The Labute approximate surface area is 210 Å². The van der Waals surface area contributed by atoms with Crippen molar-refractivity contribution in [2.24, 2.45) is 5.92 Å². The van der Waals surface area contributed by atoms with Crippen LogP contribution in [0.4, 0.5) is 4.79 Å². The van der Waals surface area contributed by atoms with Gasteiger partial charge in [-0.3, -0.25) is 4.57 Å². The maximum atomic E-state index is 12.6. The number of rotatable bonds is 4. The minimum Gasteiger partial charge on any atom is -0.461 e. The van der Waals surface area contributed by atoms with Gasteiger partial charge >= 0.3 is 12.1 Å². The summed E-state index contributed by atoms with van der Waals surface area (Å²) in [5, 5.41) is 2.05. The van der Waals surface area contributed by atoms with Crippen LogP contribution in [-0.4, -0.2) is 69.8 Å². The van der Waals surface area contributed by atoms with E-state index in [1.54, 1.807) is 29.4 Å². The molecule has 1 unspecified atom stereocenters. The molecule has 1 saturated heterocycles.